The van der Waals surface area contributed by atoms with Crippen molar-refractivity contribution in [3.05, 3.63) is 59.9 Å². The van der Waals surface area contributed by atoms with Crippen molar-refractivity contribution >= 4 is 35.2 Å². The number of carbonyl (C=O) groups excluding carboxylic acids is 2. The molecule has 0 N–H and O–H groups in total. The molecule has 6 heteroatoms. The molecule has 1 aromatic carbocycles. The van der Waals surface area contributed by atoms with Gasteiger partial charge in [-0.15, -0.1) is 0 Å². The molecular formula is C19H19N3O2S. The fourth-order valence-corrected chi connectivity index (χ4v) is 3.29. The molecule has 0 radical (unpaired) electrons. The highest BCUT2D eigenvalue weighted by Gasteiger charge is 2.37. The third-order valence-electron chi connectivity index (χ3n) is 4.15. The predicted molar refractivity (Wildman–Crippen MR) is 101 cm³/mol. The second kappa shape index (κ2) is 7.03. The molecule has 1 aromatic heterocycles. The Morgan fingerprint density at radius 2 is 1.52 bits per heavy atom. The lowest BCUT2D eigenvalue weighted by Crippen LogP contribution is -2.55. The van der Waals surface area contributed by atoms with Crippen LogP contribution in [-0.2, 0) is 9.59 Å². The molecule has 2 amide bonds. The van der Waals surface area contributed by atoms with Crippen LogP contribution in [0.1, 0.15) is 19.5 Å². The van der Waals surface area contributed by atoms with Gasteiger partial charge in [0, 0.05) is 30.7 Å². The van der Waals surface area contributed by atoms with Gasteiger partial charge in [0.15, 0.2) is 5.11 Å². The smallest absolute Gasteiger partial charge is 0.265 e. The van der Waals surface area contributed by atoms with E-state index in [0.29, 0.717) is 13.1 Å². The summed E-state index contributed by atoms with van der Waals surface area (Å²) in [5.41, 5.74) is 1.86. The molecule has 1 aliphatic rings. The Labute approximate surface area is 152 Å². The van der Waals surface area contributed by atoms with Crippen LogP contribution in [0, 0.1) is 0 Å². The minimum atomic E-state index is -0.344. The first-order valence-corrected chi connectivity index (χ1v) is 8.61. The Balaban J connectivity index is 2.06. The standard InChI is InChI=1S/C19H19N3O2S/c1-3-20-17(23)16(18(24)21(4-2)19(20)25)13-15-11-8-12-22(15)14-9-6-5-7-10-14/h5-13H,3-4H2,1-2H3. The molecule has 0 bridgehead atoms. The van der Waals surface area contributed by atoms with Crippen molar-refractivity contribution in [1.82, 2.24) is 14.4 Å². The van der Waals surface area contributed by atoms with Crippen molar-refractivity contribution in [1.29, 1.82) is 0 Å². The van der Waals surface area contributed by atoms with E-state index in [1.54, 1.807) is 6.08 Å². The largest absolute Gasteiger partial charge is 0.317 e. The number of nitrogens with zero attached hydrogens (tertiary/aromatic N) is 3. The van der Waals surface area contributed by atoms with Gasteiger partial charge in [0.1, 0.15) is 5.57 Å². The van der Waals surface area contributed by atoms with Crippen LogP contribution in [0.5, 0.6) is 0 Å². The first-order valence-electron chi connectivity index (χ1n) is 8.20. The van der Waals surface area contributed by atoms with E-state index in [1.807, 2.05) is 67.1 Å². The van der Waals surface area contributed by atoms with Gasteiger partial charge in [-0.25, -0.2) is 0 Å². The van der Waals surface area contributed by atoms with Crippen LogP contribution < -0.4 is 0 Å². The van der Waals surface area contributed by atoms with E-state index in [0.717, 1.165) is 11.4 Å². The lowest BCUT2D eigenvalue weighted by molar-refractivity contribution is -0.133. The maximum Gasteiger partial charge on any atom is 0.265 e. The van der Waals surface area contributed by atoms with E-state index < -0.39 is 0 Å². The number of benzene rings is 1. The maximum atomic E-state index is 12.7. The normalized spacial score (nSPS) is 15.1. The van der Waals surface area contributed by atoms with Gasteiger partial charge in [0.2, 0.25) is 0 Å². The van der Waals surface area contributed by atoms with Crippen molar-refractivity contribution in [3.63, 3.8) is 0 Å². The lowest BCUT2D eigenvalue weighted by atomic mass is 10.1. The molecule has 0 aliphatic carbocycles. The number of thiocarbonyl (C=S) groups is 1. The summed E-state index contributed by atoms with van der Waals surface area (Å²) in [5.74, 6) is -0.689. The summed E-state index contributed by atoms with van der Waals surface area (Å²) in [4.78, 5) is 28.4. The zero-order valence-corrected chi connectivity index (χ0v) is 15.0. The SMILES string of the molecule is CCN1C(=O)C(=Cc2cccn2-c2ccccc2)C(=O)N(CC)C1=S. The molecule has 0 saturated carbocycles. The summed E-state index contributed by atoms with van der Waals surface area (Å²) in [5, 5.41) is 0.274. The van der Waals surface area contributed by atoms with Crippen molar-refractivity contribution in [2.45, 2.75) is 13.8 Å². The van der Waals surface area contributed by atoms with Crippen LogP contribution in [-0.4, -0.2) is 44.4 Å². The molecule has 0 unspecified atom stereocenters. The van der Waals surface area contributed by atoms with Crippen molar-refractivity contribution in [2.75, 3.05) is 13.1 Å². The minimum absolute atomic E-state index is 0.133. The van der Waals surface area contributed by atoms with Crippen LogP contribution in [0.3, 0.4) is 0 Å². The van der Waals surface area contributed by atoms with E-state index in [9.17, 15) is 9.59 Å². The van der Waals surface area contributed by atoms with Gasteiger partial charge in [-0.3, -0.25) is 19.4 Å². The first-order chi connectivity index (χ1) is 12.1. The number of amides is 2. The fourth-order valence-electron chi connectivity index (χ4n) is 2.87. The van der Waals surface area contributed by atoms with E-state index in [-0.39, 0.29) is 22.5 Å². The van der Waals surface area contributed by atoms with E-state index in [2.05, 4.69) is 0 Å². The topological polar surface area (TPSA) is 45.6 Å². The fraction of sp³-hybridized carbons (Fsp3) is 0.211. The van der Waals surface area contributed by atoms with E-state index in [4.69, 9.17) is 12.2 Å². The number of hydrogen-bond donors (Lipinski definition) is 0. The number of aromatic nitrogens is 1. The highest BCUT2D eigenvalue weighted by Crippen LogP contribution is 2.22. The number of para-hydroxylation sites is 1. The highest BCUT2D eigenvalue weighted by molar-refractivity contribution is 7.80. The zero-order valence-electron chi connectivity index (χ0n) is 14.2. The second-order valence-electron chi connectivity index (χ2n) is 5.58. The summed E-state index contributed by atoms with van der Waals surface area (Å²) < 4.78 is 1.94. The van der Waals surface area contributed by atoms with Gasteiger partial charge in [0.05, 0.1) is 0 Å². The van der Waals surface area contributed by atoms with Crippen LogP contribution in [0.4, 0.5) is 0 Å². The highest BCUT2D eigenvalue weighted by atomic mass is 32.1. The average molecular weight is 353 g/mol. The van der Waals surface area contributed by atoms with E-state index in [1.165, 1.54) is 9.80 Å². The summed E-state index contributed by atoms with van der Waals surface area (Å²) in [6, 6.07) is 13.5. The molecule has 1 aliphatic heterocycles. The molecule has 0 spiro atoms. The Morgan fingerprint density at radius 1 is 0.920 bits per heavy atom. The Morgan fingerprint density at radius 3 is 2.08 bits per heavy atom. The van der Waals surface area contributed by atoms with Crippen LogP contribution >= 0.6 is 12.2 Å². The Kier molecular flexibility index (Phi) is 4.81. The van der Waals surface area contributed by atoms with Crippen LogP contribution in [0.2, 0.25) is 0 Å². The van der Waals surface area contributed by atoms with E-state index >= 15 is 0 Å². The number of carbonyl (C=O) groups is 2. The molecule has 1 saturated heterocycles. The molecule has 0 atom stereocenters. The summed E-state index contributed by atoms with van der Waals surface area (Å²) in [6.07, 6.45) is 3.55. The van der Waals surface area contributed by atoms with Gasteiger partial charge < -0.3 is 4.57 Å². The molecule has 2 aromatic rings. The van der Waals surface area contributed by atoms with Gasteiger partial charge in [0.25, 0.3) is 11.8 Å². The minimum Gasteiger partial charge on any atom is -0.317 e. The molecule has 2 heterocycles. The second-order valence-corrected chi connectivity index (χ2v) is 5.94. The third-order valence-corrected chi connectivity index (χ3v) is 4.59. The summed E-state index contributed by atoms with van der Waals surface area (Å²) in [6.45, 7) is 4.55. The summed E-state index contributed by atoms with van der Waals surface area (Å²) >= 11 is 5.28. The number of hydrogen-bond acceptors (Lipinski definition) is 3. The van der Waals surface area contributed by atoms with Crippen molar-refractivity contribution in [3.8, 4) is 5.69 Å². The quantitative estimate of drug-likeness (QED) is 0.482. The molecule has 25 heavy (non-hydrogen) atoms. The Hall–Kier alpha value is -2.73. The molecule has 128 valence electrons. The third kappa shape index (κ3) is 3.00. The zero-order chi connectivity index (χ0) is 18.0. The average Bonchev–Trinajstić information content (AvgIpc) is 3.08. The summed E-state index contributed by atoms with van der Waals surface area (Å²) in [7, 11) is 0. The Bertz CT molecular complexity index is 827. The number of rotatable bonds is 4. The van der Waals surface area contributed by atoms with Crippen molar-refractivity contribution < 1.29 is 9.59 Å². The molecule has 5 nitrogen and oxygen atoms in total. The molecular weight excluding hydrogens is 334 g/mol. The van der Waals surface area contributed by atoms with Gasteiger partial charge in [-0.05, 0) is 56.4 Å². The monoisotopic (exact) mass is 353 g/mol. The number of likely N-dealkylation sites (N-methyl/N-ethyl adjacent to an activating group) is 2. The van der Waals surface area contributed by atoms with Gasteiger partial charge in [-0.1, -0.05) is 18.2 Å². The maximum absolute atomic E-state index is 12.7. The first kappa shape index (κ1) is 17.1. The molecule has 3 rings (SSSR count). The predicted octanol–water partition coefficient (Wildman–Crippen LogP) is 2.86. The van der Waals surface area contributed by atoms with Crippen LogP contribution in [0.25, 0.3) is 11.8 Å². The van der Waals surface area contributed by atoms with Gasteiger partial charge >= 0.3 is 0 Å². The lowest BCUT2D eigenvalue weighted by Gasteiger charge is -2.35. The van der Waals surface area contributed by atoms with Gasteiger partial charge in [-0.2, -0.15) is 0 Å². The van der Waals surface area contributed by atoms with Crippen LogP contribution in [0.15, 0.2) is 54.2 Å². The van der Waals surface area contributed by atoms with Crippen molar-refractivity contribution in [2.24, 2.45) is 0 Å². The molecule has 1 fully saturated rings.